The van der Waals surface area contributed by atoms with Gasteiger partial charge in [0.1, 0.15) is 5.71 Å². The van der Waals surface area contributed by atoms with E-state index in [2.05, 4.69) is 22.5 Å². The third kappa shape index (κ3) is 2.87. The van der Waals surface area contributed by atoms with Crippen molar-refractivity contribution in [1.29, 1.82) is 0 Å². The summed E-state index contributed by atoms with van der Waals surface area (Å²) in [6.07, 6.45) is 2.94. The number of amides is 2. The van der Waals surface area contributed by atoms with E-state index in [9.17, 15) is 9.59 Å². The molecule has 2 aliphatic rings. The molecule has 2 amide bonds. The Hall–Kier alpha value is -1.43. The highest BCUT2D eigenvalue weighted by Crippen LogP contribution is 2.15. The van der Waals surface area contributed by atoms with E-state index >= 15 is 0 Å². The lowest BCUT2D eigenvalue weighted by molar-refractivity contribution is -0.126. The minimum Gasteiger partial charge on any atom is -0.336 e. The molecule has 0 saturated carbocycles. The highest BCUT2D eigenvalue weighted by atomic mass is 16.2. The van der Waals surface area contributed by atoms with Gasteiger partial charge in [0.25, 0.3) is 5.91 Å². The first kappa shape index (κ1) is 13.0. The fourth-order valence-corrected chi connectivity index (χ4v) is 2.45. The lowest BCUT2D eigenvalue weighted by Gasteiger charge is -2.36. The SMILES string of the molecule is CN1CCCC(N(C)C(=O)C2=NNC(=O)CC2)C1. The summed E-state index contributed by atoms with van der Waals surface area (Å²) in [6.45, 7) is 2.00. The van der Waals surface area contributed by atoms with Crippen LogP contribution in [0.15, 0.2) is 5.10 Å². The summed E-state index contributed by atoms with van der Waals surface area (Å²) in [5.41, 5.74) is 2.83. The molecule has 2 aliphatic heterocycles. The van der Waals surface area contributed by atoms with Crippen molar-refractivity contribution in [3.8, 4) is 0 Å². The number of nitrogens with one attached hydrogen (secondary N) is 1. The first-order chi connectivity index (χ1) is 8.58. The maximum Gasteiger partial charge on any atom is 0.270 e. The Morgan fingerprint density at radius 3 is 2.89 bits per heavy atom. The summed E-state index contributed by atoms with van der Waals surface area (Å²) in [7, 11) is 3.90. The van der Waals surface area contributed by atoms with Crippen molar-refractivity contribution in [2.45, 2.75) is 31.7 Å². The van der Waals surface area contributed by atoms with Crippen LogP contribution in [0, 0.1) is 0 Å². The van der Waals surface area contributed by atoms with Crippen LogP contribution in [0.5, 0.6) is 0 Å². The molecule has 1 atom stereocenters. The zero-order valence-electron chi connectivity index (χ0n) is 11.0. The van der Waals surface area contributed by atoms with Crippen molar-refractivity contribution in [2.75, 3.05) is 27.2 Å². The average Bonchev–Trinajstić information content (AvgIpc) is 2.38. The third-order valence-electron chi connectivity index (χ3n) is 3.62. The number of hydrogen-bond acceptors (Lipinski definition) is 4. The first-order valence-electron chi connectivity index (χ1n) is 6.39. The van der Waals surface area contributed by atoms with Crippen LogP contribution in [0.3, 0.4) is 0 Å². The van der Waals surface area contributed by atoms with E-state index in [1.165, 1.54) is 0 Å². The smallest absolute Gasteiger partial charge is 0.270 e. The lowest BCUT2D eigenvalue weighted by atomic mass is 10.0. The molecule has 1 fully saturated rings. The van der Waals surface area contributed by atoms with Crippen LogP contribution in [0.1, 0.15) is 25.7 Å². The van der Waals surface area contributed by atoms with E-state index in [1.54, 1.807) is 4.90 Å². The van der Waals surface area contributed by atoms with Crippen molar-refractivity contribution in [3.05, 3.63) is 0 Å². The molecule has 6 nitrogen and oxygen atoms in total. The number of nitrogens with zero attached hydrogens (tertiary/aromatic N) is 3. The van der Waals surface area contributed by atoms with Crippen LogP contribution in [-0.4, -0.2) is 60.6 Å². The quantitative estimate of drug-likeness (QED) is 0.740. The minimum atomic E-state index is -0.119. The number of carbonyl (C=O) groups is 2. The Morgan fingerprint density at radius 2 is 2.28 bits per heavy atom. The van der Waals surface area contributed by atoms with Gasteiger partial charge < -0.3 is 9.80 Å². The molecule has 2 heterocycles. The molecule has 0 radical (unpaired) electrons. The highest BCUT2D eigenvalue weighted by molar-refractivity contribution is 6.39. The monoisotopic (exact) mass is 252 g/mol. The minimum absolute atomic E-state index is 0.0599. The second-order valence-corrected chi connectivity index (χ2v) is 5.07. The van der Waals surface area contributed by atoms with Gasteiger partial charge in [-0.25, -0.2) is 5.43 Å². The van der Waals surface area contributed by atoms with E-state index in [-0.39, 0.29) is 17.9 Å². The Morgan fingerprint density at radius 1 is 1.50 bits per heavy atom. The molecule has 18 heavy (non-hydrogen) atoms. The number of carbonyl (C=O) groups excluding carboxylic acids is 2. The topological polar surface area (TPSA) is 65.0 Å². The number of piperidine rings is 1. The van der Waals surface area contributed by atoms with Gasteiger partial charge in [-0.3, -0.25) is 9.59 Å². The number of hydrazone groups is 1. The van der Waals surface area contributed by atoms with Crippen molar-refractivity contribution in [3.63, 3.8) is 0 Å². The van der Waals surface area contributed by atoms with Crippen LogP contribution in [-0.2, 0) is 9.59 Å². The van der Waals surface area contributed by atoms with Crippen LogP contribution in [0.2, 0.25) is 0 Å². The molecule has 1 unspecified atom stereocenters. The van der Waals surface area contributed by atoms with E-state index in [0.29, 0.717) is 18.6 Å². The van der Waals surface area contributed by atoms with Gasteiger partial charge in [-0.1, -0.05) is 0 Å². The third-order valence-corrected chi connectivity index (χ3v) is 3.62. The molecular weight excluding hydrogens is 232 g/mol. The molecule has 1 N–H and O–H groups in total. The number of likely N-dealkylation sites (tertiary alicyclic amines) is 1. The van der Waals surface area contributed by atoms with Crippen molar-refractivity contribution in [1.82, 2.24) is 15.2 Å². The number of rotatable bonds is 2. The molecule has 0 aromatic rings. The zero-order chi connectivity index (χ0) is 13.1. The second kappa shape index (κ2) is 5.48. The summed E-state index contributed by atoms with van der Waals surface area (Å²) >= 11 is 0. The highest BCUT2D eigenvalue weighted by Gasteiger charge is 2.28. The Balaban J connectivity index is 1.97. The van der Waals surface area contributed by atoms with Crippen molar-refractivity contribution >= 4 is 17.5 Å². The normalized spacial score (nSPS) is 25.3. The van der Waals surface area contributed by atoms with Gasteiger partial charge in [-0.05, 0) is 26.4 Å². The predicted octanol–water partition coefficient (Wildman–Crippen LogP) is -0.195. The van der Waals surface area contributed by atoms with Gasteiger partial charge in [0.15, 0.2) is 0 Å². The van der Waals surface area contributed by atoms with Gasteiger partial charge in [0.05, 0.1) is 0 Å². The fourth-order valence-electron chi connectivity index (χ4n) is 2.45. The molecule has 2 rings (SSSR count). The van der Waals surface area contributed by atoms with Gasteiger partial charge in [-0.15, -0.1) is 0 Å². The molecule has 0 bridgehead atoms. The predicted molar refractivity (Wildman–Crippen MR) is 68.1 cm³/mol. The molecule has 0 aliphatic carbocycles. The van der Waals surface area contributed by atoms with Crippen molar-refractivity contribution < 1.29 is 9.59 Å². The van der Waals surface area contributed by atoms with E-state index in [1.807, 2.05) is 7.05 Å². The van der Waals surface area contributed by atoms with Gasteiger partial charge >= 0.3 is 0 Å². The summed E-state index contributed by atoms with van der Waals surface area (Å²) in [5.74, 6) is -0.179. The summed E-state index contributed by atoms with van der Waals surface area (Å²) in [6, 6.07) is 0.247. The molecule has 1 saturated heterocycles. The molecule has 100 valence electrons. The molecule has 0 aromatic heterocycles. The maximum atomic E-state index is 12.2. The molecule has 6 heteroatoms. The lowest BCUT2D eigenvalue weighted by Crippen LogP contribution is -2.50. The standard InChI is InChI=1S/C12H20N4O2/c1-15-7-3-4-9(8-15)16(2)12(18)10-5-6-11(17)14-13-10/h9H,3-8H2,1-2H3,(H,14,17). The Labute approximate surface area is 107 Å². The van der Waals surface area contributed by atoms with Gasteiger partial charge in [0.2, 0.25) is 5.91 Å². The molecule has 0 aromatic carbocycles. The zero-order valence-corrected chi connectivity index (χ0v) is 11.0. The van der Waals surface area contributed by atoms with Gasteiger partial charge in [-0.2, -0.15) is 5.10 Å². The summed E-state index contributed by atoms with van der Waals surface area (Å²) in [5, 5.41) is 3.86. The Bertz CT molecular complexity index is 380. The van der Waals surface area contributed by atoms with Gasteiger partial charge in [0, 0.05) is 32.5 Å². The Kier molecular flexibility index (Phi) is 3.96. The largest absolute Gasteiger partial charge is 0.336 e. The van der Waals surface area contributed by atoms with Crippen molar-refractivity contribution in [2.24, 2.45) is 5.10 Å². The molecule has 0 spiro atoms. The number of hydrogen-bond donors (Lipinski definition) is 1. The summed E-state index contributed by atoms with van der Waals surface area (Å²) in [4.78, 5) is 27.2. The molecular formula is C12H20N4O2. The van der Waals surface area contributed by atoms with Crippen LogP contribution < -0.4 is 5.43 Å². The van der Waals surface area contributed by atoms with Crippen LogP contribution >= 0.6 is 0 Å². The summed E-state index contributed by atoms with van der Waals surface area (Å²) < 4.78 is 0. The maximum absolute atomic E-state index is 12.2. The first-order valence-corrected chi connectivity index (χ1v) is 6.39. The van der Waals surface area contributed by atoms with Crippen LogP contribution in [0.4, 0.5) is 0 Å². The van der Waals surface area contributed by atoms with Crippen LogP contribution in [0.25, 0.3) is 0 Å². The van der Waals surface area contributed by atoms with E-state index in [0.717, 1.165) is 25.9 Å². The van der Waals surface area contributed by atoms with E-state index < -0.39 is 0 Å². The fraction of sp³-hybridized carbons (Fsp3) is 0.750. The average molecular weight is 252 g/mol. The number of likely N-dealkylation sites (N-methyl/N-ethyl adjacent to an activating group) is 2. The second-order valence-electron chi connectivity index (χ2n) is 5.07. The van der Waals surface area contributed by atoms with E-state index in [4.69, 9.17) is 0 Å².